The average Bonchev–Trinajstić information content (AvgIpc) is 3.06. The monoisotopic (exact) mass is 235 g/mol. The highest BCUT2D eigenvalue weighted by Crippen LogP contribution is 2.31. The zero-order chi connectivity index (χ0) is 11.5. The lowest BCUT2D eigenvalue weighted by molar-refractivity contribution is 0.338. The Morgan fingerprint density at radius 3 is 2.82 bits per heavy atom. The number of nitrogens with one attached hydrogen (secondary N) is 1. The highest BCUT2D eigenvalue weighted by atomic mass is 16.5. The predicted octanol–water partition coefficient (Wildman–Crippen LogP) is 1.95. The molecule has 0 amide bonds. The van der Waals surface area contributed by atoms with E-state index in [9.17, 15) is 0 Å². The fourth-order valence-corrected chi connectivity index (χ4v) is 2.58. The number of hydrogen-bond donors (Lipinski definition) is 1. The Labute approximate surface area is 102 Å². The summed E-state index contributed by atoms with van der Waals surface area (Å²) < 4.78 is 5.36. The Hall–Kier alpha value is -0.900. The van der Waals surface area contributed by atoms with Crippen molar-refractivity contribution in [3.63, 3.8) is 0 Å². The molecule has 1 aliphatic carbocycles. The maximum Gasteiger partial charge on any atom is 0.226 e. The van der Waals surface area contributed by atoms with Gasteiger partial charge in [-0.05, 0) is 57.0 Å². The van der Waals surface area contributed by atoms with Crippen LogP contribution in [0.5, 0.6) is 0 Å². The van der Waals surface area contributed by atoms with E-state index < -0.39 is 0 Å². The summed E-state index contributed by atoms with van der Waals surface area (Å²) in [6.07, 6.45) is 8.48. The van der Waals surface area contributed by atoms with Crippen molar-refractivity contribution in [3.8, 4) is 0 Å². The van der Waals surface area contributed by atoms with E-state index in [0.29, 0.717) is 0 Å². The zero-order valence-electron chi connectivity index (χ0n) is 10.3. The van der Waals surface area contributed by atoms with Crippen LogP contribution < -0.4 is 5.32 Å². The van der Waals surface area contributed by atoms with E-state index in [4.69, 9.17) is 4.52 Å². The fourth-order valence-electron chi connectivity index (χ4n) is 2.58. The minimum absolute atomic E-state index is 0.722. The first kappa shape index (κ1) is 11.2. The maximum atomic E-state index is 5.36. The van der Waals surface area contributed by atoms with Crippen molar-refractivity contribution in [1.82, 2.24) is 15.5 Å². The van der Waals surface area contributed by atoms with Gasteiger partial charge in [-0.1, -0.05) is 5.16 Å². The maximum absolute atomic E-state index is 5.36. The zero-order valence-corrected chi connectivity index (χ0v) is 10.3. The average molecular weight is 235 g/mol. The Morgan fingerprint density at radius 1 is 1.06 bits per heavy atom. The van der Waals surface area contributed by atoms with Crippen LogP contribution in [0.4, 0.5) is 0 Å². The van der Waals surface area contributed by atoms with Crippen molar-refractivity contribution in [3.05, 3.63) is 11.7 Å². The van der Waals surface area contributed by atoms with Crippen LogP contribution in [0.3, 0.4) is 0 Å². The third kappa shape index (κ3) is 3.28. The van der Waals surface area contributed by atoms with Gasteiger partial charge in [-0.15, -0.1) is 0 Å². The number of aromatic nitrogens is 2. The molecule has 0 aromatic carbocycles. The lowest BCUT2D eigenvalue weighted by atomic mass is 9.97. The number of nitrogens with zero attached hydrogens (tertiary/aromatic N) is 2. The van der Waals surface area contributed by atoms with Gasteiger partial charge >= 0.3 is 0 Å². The van der Waals surface area contributed by atoms with E-state index in [1.165, 1.54) is 32.1 Å². The topological polar surface area (TPSA) is 51.0 Å². The molecule has 4 nitrogen and oxygen atoms in total. The molecule has 0 spiro atoms. The molecule has 4 heteroatoms. The van der Waals surface area contributed by atoms with Crippen molar-refractivity contribution in [2.75, 3.05) is 13.1 Å². The van der Waals surface area contributed by atoms with Gasteiger partial charge in [0.1, 0.15) is 0 Å². The van der Waals surface area contributed by atoms with Crippen molar-refractivity contribution in [2.45, 2.75) is 44.9 Å². The predicted molar refractivity (Wildman–Crippen MR) is 64.6 cm³/mol. The van der Waals surface area contributed by atoms with Crippen LogP contribution in [0.2, 0.25) is 0 Å². The molecule has 94 valence electrons. The molecule has 1 aromatic heterocycles. The Kier molecular flexibility index (Phi) is 3.41. The molecule has 0 bridgehead atoms. The molecular formula is C13H21N3O. The summed E-state index contributed by atoms with van der Waals surface area (Å²) in [7, 11) is 0. The van der Waals surface area contributed by atoms with Gasteiger partial charge in [-0.3, -0.25) is 0 Å². The van der Waals surface area contributed by atoms with Crippen LogP contribution >= 0.6 is 0 Å². The molecule has 1 aliphatic heterocycles. The molecule has 2 aliphatic rings. The van der Waals surface area contributed by atoms with Crippen molar-refractivity contribution < 1.29 is 4.52 Å². The highest BCUT2D eigenvalue weighted by Gasteiger charge is 2.24. The van der Waals surface area contributed by atoms with Crippen molar-refractivity contribution in [1.29, 1.82) is 0 Å². The van der Waals surface area contributed by atoms with E-state index >= 15 is 0 Å². The second-order valence-electron chi connectivity index (χ2n) is 5.50. The summed E-state index contributed by atoms with van der Waals surface area (Å²) in [4.78, 5) is 4.52. The van der Waals surface area contributed by atoms with E-state index in [2.05, 4.69) is 15.5 Å². The van der Waals surface area contributed by atoms with Crippen molar-refractivity contribution in [2.24, 2.45) is 11.8 Å². The number of rotatable bonds is 4. The van der Waals surface area contributed by atoms with Crippen LogP contribution in [0.15, 0.2) is 4.52 Å². The molecule has 3 rings (SSSR count). The highest BCUT2D eigenvalue weighted by molar-refractivity contribution is 4.93. The van der Waals surface area contributed by atoms with E-state index in [0.717, 1.165) is 49.5 Å². The van der Waals surface area contributed by atoms with Gasteiger partial charge in [-0.2, -0.15) is 4.98 Å². The Morgan fingerprint density at radius 2 is 1.94 bits per heavy atom. The second kappa shape index (κ2) is 5.17. The Balaban J connectivity index is 1.53. The summed E-state index contributed by atoms with van der Waals surface area (Å²) in [5.41, 5.74) is 0. The van der Waals surface area contributed by atoms with Gasteiger partial charge in [0.25, 0.3) is 0 Å². The Bertz CT molecular complexity index is 351. The third-order valence-corrected chi connectivity index (χ3v) is 3.84. The smallest absolute Gasteiger partial charge is 0.226 e. The lowest BCUT2D eigenvalue weighted by Gasteiger charge is -2.09. The molecule has 1 saturated carbocycles. The van der Waals surface area contributed by atoms with E-state index in [1.807, 2.05) is 0 Å². The quantitative estimate of drug-likeness (QED) is 0.866. The third-order valence-electron chi connectivity index (χ3n) is 3.84. The fraction of sp³-hybridized carbons (Fsp3) is 0.846. The molecule has 17 heavy (non-hydrogen) atoms. The van der Waals surface area contributed by atoms with Crippen LogP contribution in [0.25, 0.3) is 0 Å². The molecule has 1 aromatic rings. The van der Waals surface area contributed by atoms with Gasteiger partial charge in [0.15, 0.2) is 5.82 Å². The van der Waals surface area contributed by atoms with Gasteiger partial charge in [0.05, 0.1) is 0 Å². The van der Waals surface area contributed by atoms with Gasteiger partial charge in [0, 0.05) is 12.8 Å². The first-order valence-electron chi connectivity index (χ1n) is 6.92. The summed E-state index contributed by atoms with van der Waals surface area (Å²) in [6.45, 7) is 2.29. The van der Waals surface area contributed by atoms with Crippen LogP contribution in [0, 0.1) is 11.8 Å². The molecule has 2 fully saturated rings. The van der Waals surface area contributed by atoms with Gasteiger partial charge in [0.2, 0.25) is 5.89 Å². The molecule has 1 saturated heterocycles. The van der Waals surface area contributed by atoms with E-state index in [1.54, 1.807) is 0 Å². The van der Waals surface area contributed by atoms with Gasteiger partial charge in [-0.25, -0.2) is 0 Å². The van der Waals surface area contributed by atoms with Gasteiger partial charge < -0.3 is 9.84 Å². The summed E-state index contributed by atoms with van der Waals surface area (Å²) in [5.74, 6) is 3.34. The second-order valence-corrected chi connectivity index (χ2v) is 5.50. The molecular weight excluding hydrogens is 214 g/mol. The van der Waals surface area contributed by atoms with Crippen molar-refractivity contribution >= 4 is 0 Å². The summed E-state index contributed by atoms with van der Waals surface area (Å²) in [5, 5.41) is 7.52. The summed E-state index contributed by atoms with van der Waals surface area (Å²) >= 11 is 0. The minimum atomic E-state index is 0.722. The normalized spacial score (nSPS) is 25.8. The standard InChI is InChI=1S/C13H21N3O/c1-2-10(5-7-14-6-1)9-13-15-12(16-17-13)8-11-3-4-11/h10-11,14H,1-9H2. The molecule has 1 N–H and O–H groups in total. The first-order chi connectivity index (χ1) is 8.40. The SMILES string of the molecule is C1CNCCC(Cc2nc(CC3CC3)no2)C1. The van der Waals surface area contributed by atoms with Crippen LogP contribution in [-0.2, 0) is 12.8 Å². The molecule has 0 radical (unpaired) electrons. The van der Waals surface area contributed by atoms with Crippen LogP contribution in [-0.4, -0.2) is 23.2 Å². The lowest BCUT2D eigenvalue weighted by Crippen LogP contribution is -2.14. The first-order valence-corrected chi connectivity index (χ1v) is 6.92. The molecule has 1 unspecified atom stereocenters. The number of hydrogen-bond acceptors (Lipinski definition) is 4. The van der Waals surface area contributed by atoms with E-state index in [-0.39, 0.29) is 0 Å². The summed E-state index contributed by atoms with van der Waals surface area (Å²) in [6, 6.07) is 0. The molecule has 2 heterocycles. The van der Waals surface area contributed by atoms with Crippen LogP contribution in [0.1, 0.15) is 43.8 Å². The minimum Gasteiger partial charge on any atom is -0.339 e. The molecule has 1 atom stereocenters. The largest absolute Gasteiger partial charge is 0.339 e.